The quantitative estimate of drug-likeness (QED) is 0.0320. The van der Waals surface area contributed by atoms with E-state index in [9.17, 15) is 19.8 Å². The van der Waals surface area contributed by atoms with Gasteiger partial charge in [0, 0.05) is 12.8 Å². The van der Waals surface area contributed by atoms with E-state index >= 15 is 0 Å². The number of unbranched alkanes of at least 4 members (excludes halogenated alkanes) is 49. The molecule has 0 saturated heterocycles. The van der Waals surface area contributed by atoms with Gasteiger partial charge in [0.05, 0.1) is 25.4 Å². The lowest BCUT2D eigenvalue weighted by atomic mass is 10.0. The predicted molar refractivity (Wildman–Crippen MR) is 333 cm³/mol. The number of aliphatic hydroxyl groups excluding tert-OH is 2. The molecule has 0 rings (SSSR count). The number of ether oxygens (including phenoxy) is 1. The third kappa shape index (κ3) is 61.3. The standard InChI is InChI=1S/C70H133NO5/c1-3-5-7-9-11-13-15-17-34-38-42-46-50-54-58-62-68(73)67(66-72)71-69(74)63-59-55-51-47-43-39-36-32-30-28-26-24-22-20-19-21-23-25-27-29-31-33-37-41-45-49-53-57-61-65-76-70(75)64-60-56-52-48-44-40-35-18-16-14-12-10-8-6-4-2/h19,21,25,27,58,62,67-68,72-73H,3-18,20,22-24,26,28-57,59-61,63-66H2,1-2H3,(H,71,74)/b21-19-,27-25-,62-58+. The van der Waals surface area contributed by atoms with Crippen LogP contribution in [-0.2, 0) is 14.3 Å². The normalized spacial score (nSPS) is 12.7. The number of carbonyl (C=O) groups is 2. The van der Waals surface area contributed by atoms with Crippen molar-refractivity contribution in [3.8, 4) is 0 Å². The van der Waals surface area contributed by atoms with Gasteiger partial charge in [0.1, 0.15) is 0 Å². The van der Waals surface area contributed by atoms with Crippen LogP contribution >= 0.6 is 0 Å². The van der Waals surface area contributed by atoms with Crippen LogP contribution in [0.25, 0.3) is 0 Å². The van der Waals surface area contributed by atoms with E-state index in [1.807, 2.05) is 6.08 Å². The van der Waals surface area contributed by atoms with Gasteiger partial charge >= 0.3 is 5.97 Å². The first-order valence-electron chi connectivity index (χ1n) is 34.3. The second-order valence-electron chi connectivity index (χ2n) is 23.5. The summed E-state index contributed by atoms with van der Waals surface area (Å²) in [5.74, 6) is -0.0523. The van der Waals surface area contributed by atoms with Crippen molar-refractivity contribution in [1.82, 2.24) is 5.32 Å². The molecule has 0 aromatic heterocycles. The third-order valence-corrected chi connectivity index (χ3v) is 15.9. The van der Waals surface area contributed by atoms with Crippen LogP contribution < -0.4 is 5.32 Å². The highest BCUT2D eigenvalue weighted by Crippen LogP contribution is 2.18. The van der Waals surface area contributed by atoms with Gasteiger partial charge in [0.25, 0.3) is 0 Å². The van der Waals surface area contributed by atoms with Gasteiger partial charge in [-0.2, -0.15) is 0 Å². The van der Waals surface area contributed by atoms with Crippen LogP contribution in [0.15, 0.2) is 36.5 Å². The molecule has 0 aliphatic rings. The molecular weight excluding hydrogens is 935 g/mol. The maximum atomic E-state index is 12.5. The molecular formula is C70H133NO5. The van der Waals surface area contributed by atoms with Crippen molar-refractivity contribution in [3.63, 3.8) is 0 Å². The van der Waals surface area contributed by atoms with Crippen LogP contribution in [0.2, 0.25) is 0 Å². The van der Waals surface area contributed by atoms with Crippen molar-refractivity contribution in [1.29, 1.82) is 0 Å². The molecule has 2 atom stereocenters. The minimum absolute atomic E-state index is 0.0149. The van der Waals surface area contributed by atoms with Crippen molar-refractivity contribution in [2.24, 2.45) is 0 Å². The summed E-state index contributed by atoms with van der Waals surface area (Å²) in [6.45, 7) is 4.93. The van der Waals surface area contributed by atoms with Gasteiger partial charge in [-0.15, -0.1) is 0 Å². The van der Waals surface area contributed by atoms with Gasteiger partial charge in [0.15, 0.2) is 0 Å². The number of hydrogen-bond donors (Lipinski definition) is 3. The summed E-state index contributed by atoms with van der Waals surface area (Å²) in [6.07, 6.45) is 83.6. The maximum absolute atomic E-state index is 12.5. The summed E-state index contributed by atoms with van der Waals surface area (Å²) in [7, 11) is 0. The topological polar surface area (TPSA) is 95.9 Å². The molecule has 0 heterocycles. The Balaban J connectivity index is 3.41. The largest absolute Gasteiger partial charge is 0.466 e. The fourth-order valence-corrected chi connectivity index (χ4v) is 10.7. The Bertz CT molecular complexity index is 1230. The summed E-state index contributed by atoms with van der Waals surface area (Å²) >= 11 is 0. The maximum Gasteiger partial charge on any atom is 0.305 e. The third-order valence-electron chi connectivity index (χ3n) is 15.9. The molecule has 0 saturated carbocycles. The number of hydrogen-bond acceptors (Lipinski definition) is 5. The Labute approximate surface area is 474 Å². The van der Waals surface area contributed by atoms with Crippen molar-refractivity contribution in [3.05, 3.63) is 36.5 Å². The molecule has 0 aliphatic heterocycles. The van der Waals surface area contributed by atoms with Gasteiger partial charge in [0.2, 0.25) is 5.91 Å². The van der Waals surface area contributed by atoms with E-state index < -0.39 is 12.1 Å². The van der Waals surface area contributed by atoms with E-state index in [1.54, 1.807) is 6.08 Å². The monoisotopic (exact) mass is 1070 g/mol. The molecule has 448 valence electrons. The Morgan fingerprint density at radius 3 is 1.00 bits per heavy atom. The number of carbonyl (C=O) groups excluding carboxylic acids is 2. The van der Waals surface area contributed by atoms with Gasteiger partial charge in [-0.25, -0.2) is 0 Å². The van der Waals surface area contributed by atoms with Crippen LogP contribution in [0.1, 0.15) is 373 Å². The van der Waals surface area contributed by atoms with Crippen LogP contribution in [0.4, 0.5) is 0 Å². The van der Waals surface area contributed by atoms with E-state index in [2.05, 4.69) is 43.5 Å². The summed E-state index contributed by atoms with van der Waals surface area (Å²) in [5, 5.41) is 23.1. The first kappa shape index (κ1) is 74.1. The van der Waals surface area contributed by atoms with E-state index in [4.69, 9.17) is 4.74 Å². The molecule has 0 bridgehead atoms. The molecule has 0 spiro atoms. The van der Waals surface area contributed by atoms with Gasteiger partial charge in [-0.05, 0) is 64.2 Å². The molecule has 0 fully saturated rings. The van der Waals surface area contributed by atoms with Gasteiger partial charge < -0.3 is 20.3 Å². The SMILES string of the molecule is CCCCCCCCCCCCCCC/C=C/C(O)C(CO)NC(=O)CCCCCCCCCCCCCCC/C=C\C/C=C\CCCCCCCCCCCOC(=O)CCCCCCCCCCCCCCCCC. The Kier molecular flexibility index (Phi) is 63.9. The Morgan fingerprint density at radius 2 is 0.658 bits per heavy atom. The van der Waals surface area contributed by atoms with E-state index in [0.29, 0.717) is 19.4 Å². The average molecular weight is 1070 g/mol. The highest BCUT2D eigenvalue weighted by Gasteiger charge is 2.18. The molecule has 0 aromatic rings. The lowest BCUT2D eigenvalue weighted by Gasteiger charge is -2.20. The van der Waals surface area contributed by atoms with Crippen molar-refractivity contribution in [2.75, 3.05) is 13.2 Å². The van der Waals surface area contributed by atoms with Crippen molar-refractivity contribution < 1.29 is 24.5 Å². The van der Waals surface area contributed by atoms with E-state index in [1.165, 1.54) is 302 Å². The number of esters is 1. The fourth-order valence-electron chi connectivity index (χ4n) is 10.7. The van der Waals surface area contributed by atoms with Crippen LogP contribution in [0.3, 0.4) is 0 Å². The second kappa shape index (κ2) is 65.6. The number of rotatable bonds is 64. The van der Waals surface area contributed by atoms with Gasteiger partial charge in [-0.1, -0.05) is 333 Å². The number of aliphatic hydroxyl groups is 2. The zero-order valence-corrected chi connectivity index (χ0v) is 51.3. The van der Waals surface area contributed by atoms with Crippen molar-refractivity contribution >= 4 is 11.9 Å². The molecule has 0 aromatic carbocycles. The fraction of sp³-hybridized carbons (Fsp3) is 0.886. The summed E-state index contributed by atoms with van der Waals surface area (Å²) < 4.78 is 5.49. The molecule has 0 aliphatic carbocycles. The molecule has 2 unspecified atom stereocenters. The summed E-state index contributed by atoms with van der Waals surface area (Å²) in [4.78, 5) is 24.5. The zero-order valence-electron chi connectivity index (χ0n) is 51.3. The Hall–Kier alpha value is -1.92. The second-order valence-corrected chi connectivity index (χ2v) is 23.5. The summed E-state index contributed by atoms with van der Waals surface area (Å²) in [6, 6.07) is -0.629. The smallest absolute Gasteiger partial charge is 0.305 e. The average Bonchev–Trinajstić information content (AvgIpc) is 3.42. The number of amides is 1. The molecule has 3 N–H and O–H groups in total. The molecule has 6 heteroatoms. The van der Waals surface area contributed by atoms with Crippen LogP contribution in [0.5, 0.6) is 0 Å². The molecule has 1 amide bonds. The summed E-state index contributed by atoms with van der Waals surface area (Å²) in [5.41, 5.74) is 0. The molecule has 6 nitrogen and oxygen atoms in total. The zero-order chi connectivity index (χ0) is 55.0. The predicted octanol–water partition coefficient (Wildman–Crippen LogP) is 21.9. The van der Waals surface area contributed by atoms with Gasteiger partial charge in [-0.3, -0.25) is 9.59 Å². The Morgan fingerprint density at radius 1 is 0.368 bits per heavy atom. The molecule has 76 heavy (non-hydrogen) atoms. The highest BCUT2D eigenvalue weighted by molar-refractivity contribution is 5.76. The minimum Gasteiger partial charge on any atom is -0.466 e. The minimum atomic E-state index is -0.845. The van der Waals surface area contributed by atoms with Crippen molar-refractivity contribution in [2.45, 2.75) is 386 Å². The first-order valence-corrected chi connectivity index (χ1v) is 34.3. The number of nitrogens with one attached hydrogen (secondary N) is 1. The lowest BCUT2D eigenvalue weighted by Crippen LogP contribution is -2.45. The lowest BCUT2D eigenvalue weighted by molar-refractivity contribution is -0.143. The molecule has 0 radical (unpaired) electrons. The van der Waals surface area contributed by atoms with E-state index in [0.717, 1.165) is 44.9 Å². The van der Waals surface area contributed by atoms with E-state index in [-0.39, 0.29) is 18.5 Å². The highest BCUT2D eigenvalue weighted by atomic mass is 16.5. The van der Waals surface area contributed by atoms with Crippen LogP contribution in [0, 0.1) is 0 Å². The van der Waals surface area contributed by atoms with Crippen LogP contribution in [-0.4, -0.2) is 47.4 Å². The number of allylic oxidation sites excluding steroid dienone is 5. The first-order chi connectivity index (χ1) is 37.5.